The molecule has 0 aliphatic carbocycles. The molecular formula is C21H17FIN5O2. The highest BCUT2D eigenvalue weighted by atomic mass is 127. The minimum absolute atomic E-state index is 0.171. The first-order valence-electron chi connectivity index (χ1n) is 8.75. The second-order valence-corrected chi connectivity index (χ2v) is 7.01. The first-order valence-corrected chi connectivity index (χ1v) is 10.3. The van der Waals surface area contributed by atoms with E-state index in [1.165, 1.54) is 12.1 Å². The third-order valence-corrected chi connectivity index (χ3v) is 5.05. The van der Waals surface area contributed by atoms with Crippen molar-refractivity contribution in [1.82, 2.24) is 4.98 Å². The standard InChI is InChI=1S/C21H17FIN5O2/c22-16-9-13(19(24)25)6-7-14(16)20(29)27-17-4-2-1-3-15(17)21(30)28-18-8-5-12(10-23)11-26-18/h1-9,11H,10H2,(H3,24,25)(H,27,29)(H,26,28,30). The van der Waals surface area contributed by atoms with Crippen LogP contribution in [0.2, 0.25) is 0 Å². The van der Waals surface area contributed by atoms with E-state index in [1.54, 1.807) is 36.5 Å². The van der Waals surface area contributed by atoms with Gasteiger partial charge in [-0.2, -0.15) is 0 Å². The van der Waals surface area contributed by atoms with Crippen LogP contribution in [-0.2, 0) is 4.43 Å². The van der Waals surface area contributed by atoms with E-state index in [-0.39, 0.29) is 28.2 Å². The van der Waals surface area contributed by atoms with Crippen LogP contribution in [-0.4, -0.2) is 22.6 Å². The van der Waals surface area contributed by atoms with Crippen molar-refractivity contribution in [2.24, 2.45) is 5.73 Å². The number of amidine groups is 1. The monoisotopic (exact) mass is 517 g/mol. The fraction of sp³-hybridized carbons (Fsp3) is 0.0476. The average molecular weight is 517 g/mol. The summed E-state index contributed by atoms with van der Waals surface area (Å²) in [5.41, 5.74) is 6.72. The molecule has 0 aliphatic heterocycles. The van der Waals surface area contributed by atoms with Gasteiger partial charge in [-0.15, -0.1) is 0 Å². The summed E-state index contributed by atoms with van der Waals surface area (Å²) in [6.45, 7) is 0. The third kappa shape index (κ3) is 4.98. The van der Waals surface area contributed by atoms with Crippen LogP contribution in [0.1, 0.15) is 31.8 Å². The van der Waals surface area contributed by atoms with Crippen LogP contribution in [0, 0.1) is 11.2 Å². The van der Waals surface area contributed by atoms with Crippen LogP contribution in [0.3, 0.4) is 0 Å². The Labute approximate surface area is 185 Å². The number of hydrogen-bond acceptors (Lipinski definition) is 4. The number of nitrogens with zero attached hydrogens (tertiary/aromatic N) is 1. The zero-order valence-electron chi connectivity index (χ0n) is 15.6. The van der Waals surface area contributed by atoms with Gasteiger partial charge in [0.2, 0.25) is 0 Å². The zero-order chi connectivity index (χ0) is 21.7. The number of aromatic nitrogens is 1. The molecule has 0 bridgehead atoms. The van der Waals surface area contributed by atoms with Crippen molar-refractivity contribution in [3.8, 4) is 0 Å². The molecule has 0 unspecified atom stereocenters. The summed E-state index contributed by atoms with van der Waals surface area (Å²) in [5, 5.41) is 12.6. The number of nitrogen functional groups attached to an aromatic ring is 1. The van der Waals surface area contributed by atoms with Gasteiger partial charge in [-0.25, -0.2) is 9.37 Å². The summed E-state index contributed by atoms with van der Waals surface area (Å²) in [5.74, 6) is -1.94. The second kappa shape index (κ2) is 9.44. The predicted molar refractivity (Wildman–Crippen MR) is 122 cm³/mol. The Balaban J connectivity index is 1.80. The van der Waals surface area contributed by atoms with Gasteiger partial charge in [-0.3, -0.25) is 15.0 Å². The van der Waals surface area contributed by atoms with Crippen molar-refractivity contribution >= 4 is 51.7 Å². The first kappa shape index (κ1) is 21.4. The highest BCUT2D eigenvalue weighted by Crippen LogP contribution is 2.19. The number of hydrogen-bond donors (Lipinski definition) is 4. The van der Waals surface area contributed by atoms with Crippen LogP contribution in [0.25, 0.3) is 0 Å². The summed E-state index contributed by atoms with van der Waals surface area (Å²) in [6, 6.07) is 13.6. The molecule has 3 aromatic rings. The fourth-order valence-corrected chi connectivity index (χ4v) is 3.06. The maximum atomic E-state index is 14.3. The van der Waals surface area contributed by atoms with Crippen LogP contribution in [0.15, 0.2) is 60.8 Å². The number of rotatable bonds is 6. The van der Waals surface area contributed by atoms with Crippen molar-refractivity contribution in [3.63, 3.8) is 0 Å². The van der Waals surface area contributed by atoms with Gasteiger partial charge in [0, 0.05) is 16.2 Å². The normalized spacial score (nSPS) is 10.3. The molecule has 0 radical (unpaired) electrons. The van der Waals surface area contributed by atoms with E-state index in [9.17, 15) is 14.0 Å². The van der Waals surface area contributed by atoms with Gasteiger partial charge in [-0.05, 0) is 35.9 Å². The van der Waals surface area contributed by atoms with E-state index in [1.807, 2.05) is 6.07 Å². The molecule has 1 aromatic heterocycles. The number of benzene rings is 2. The summed E-state index contributed by atoms with van der Waals surface area (Å²) < 4.78 is 15.1. The summed E-state index contributed by atoms with van der Waals surface area (Å²) in [6.07, 6.45) is 1.67. The molecule has 2 aromatic carbocycles. The predicted octanol–water partition coefficient (Wildman–Crippen LogP) is 3.94. The highest BCUT2D eigenvalue weighted by molar-refractivity contribution is 14.1. The van der Waals surface area contributed by atoms with Gasteiger partial charge in [0.1, 0.15) is 17.5 Å². The van der Waals surface area contributed by atoms with Gasteiger partial charge in [-0.1, -0.05) is 46.9 Å². The summed E-state index contributed by atoms with van der Waals surface area (Å²) in [7, 11) is 0. The molecule has 0 atom stereocenters. The van der Waals surface area contributed by atoms with Crippen LogP contribution in [0.5, 0.6) is 0 Å². The maximum absolute atomic E-state index is 14.3. The van der Waals surface area contributed by atoms with Crippen molar-refractivity contribution in [2.45, 2.75) is 4.43 Å². The molecule has 0 fully saturated rings. The van der Waals surface area contributed by atoms with Gasteiger partial charge >= 0.3 is 0 Å². The topological polar surface area (TPSA) is 121 Å². The van der Waals surface area contributed by atoms with E-state index < -0.39 is 17.6 Å². The Morgan fingerprint density at radius 3 is 2.40 bits per heavy atom. The Hall–Kier alpha value is -3.34. The number of carbonyl (C=O) groups is 2. The Bertz CT molecular complexity index is 1120. The average Bonchev–Trinajstić information content (AvgIpc) is 2.74. The molecule has 7 nitrogen and oxygen atoms in total. The largest absolute Gasteiger partial charge is 0.384 e. The number of nitrogens with one attached hydrogen (secondary N) is 3. The van der Waals surface area contributed by atoms with Gasteiger partial charge in [0.25, 0.3) is 11.8 Å². The van der Waals surface area contributed by atoms with Crippen molar-refractivity contribution in [1.29, 1.82) is 5.41 Å². The van der Waals surface area contributed by atoms with Gasteiger partial charge < -0.3 is 16.4 Å². The molecule has 9 heteroatoms. The van der Waals surface area contributed by atoms with E-state index in [0.29, 0.717) is 5.82 Å². The van der Waals surface area contributed by atoms with Crippen LogP contribution >= 0.6 is 22.6 Å². The van der Waals surface area contributed by atoms with E-state index in [0.717, 1.165) is 16.1 Å². The Morgan fingerprint density at radius 2 is 1.77 bits per heavy atom. The van der Waals surface area contributed by atoms with Crippen LogP contribution < -0.4 is 16.4 Å². The molecule has 5 N–H and O–H groups in total. The molecule has 0 aliphatic rings. The quantitative estimate of drug-likeness (QED) is 0.171. The number of carbonyl (C=O) groups excluding carboxylic acids is 2. The second-order valence-electron chi connectivity index (χ2n) is 6.25. The number of alkyl halides is 1. The van der Waals surface area contributed by atoms with E-state index >= 15 is 0 Å². The minimum atomic E-state index is -0.818. The number of anilines is 2. The smallest absolute Gasteiger partial charge is 0.258 e. The number of amides is 2. The summed E-state index contributed by atoms with van der Waals surface area (Å²) >= 11 is 2.22. The lowest BCUT2D eigenvalue weighted by Gasteiger charge is -2.12. The van der Waals surface area contributed by atoms with E-state index in [2.05, 4.69) is 38.2 Å². The van der Waals surface area contributed by atoms with Crippen LogP contribution in [0.4, 0.5) is 15.9 Å². The first-order chi connectivity index (χ1) is 14.4. The molecule has 0 spiro atoms. The summed E-state index contributed by atoms with van der Waals surface area (Å²) in [4.78, 5) is 29.4. The minimum Gasteiger partial charge on any atom is -0.384 e. The van der Waals surface area contributed by atoms with Gasteiger partial charge in [0.05, 0.1) is 16.8 Å². The molecule has 1 heterocycles. The van der Waals surface area contributed by atoms with Gasteiger partial charge in [0.15, 0.2) is 0 Å². The fourth-order valence-electron chi connectivity index (χ4n) is 2.61. The number of nitrogens with two attached hydrogens (primary N) is 1. The van der Waals surface area contributed by atoms with Crippen molar-refractivity contribution < 1.29 is 14.0 Å². The molecule has 152 valence electrons. The lowest BCUT2D eigenvalue weighted by molar-refractivity contribution is 0.102. The molecular weight excluding hydrogens is 500 g/mol. The zero-order valence-corrected chi connectivity index (χ0v) is 17.7. The maximum Gasteiger partial charge on any atom is 0.258 e. The number of para-hydroxylation sites is 1. The lowest BCUT2D eigenvalue weighted by atomic mass is 10.1. The molecule has 3 rings (SSSR count). The lowest BCUT2D eigenvalue weighted by Crippen LogP contribution is -2.20. The van der Waals surface area contributed by atoms with Crippen molar-refractivity contribution in [3.05, 3.63) is 88.9 Å². The third-order valence-electron chi connectivity index (χ3n) is 4.17. The highest BCUT2D eigenvalue weighted by Gasteiger charge is 2.17. The Morgan fingerprint density at radius 1 is 1.03 bits per heavy atom. The molecule has 0 saturated heterocycles. The van der Waals surface area contributed by atoms with E-state index in [4.69, 9.17) is 11.1 Å². The number of halogens is 2. The Kier molecular flexibility index (Phi) is 6.72. The number of pyridine rings is 1. The molecule has 2 amide bonds. The molecule has 0 saturated carbocycles. The SMILES string of the molecule is N=C(N)c1ccc(C(=O)Nc2ccccc2C(=O)Nc2ccc(CI)cn2)c(F)c1. The molecule has 30 heavy (non-hydrogen) atoms. The van der Waals surface area contributed by atoms with Crippen molar-refractivity contribution in [2.75, 3.05) is 10.6 Å².